The average molecular weight is 241 g/mol. The van der Waals surface area contributed by atoms with E-state index in [0.29, 0.717) is 12.5 Å². The van der Waals surface area contributed by atoms with Crippen molar-refractivity contribution in [3.8, 4) is 0 Å². The molecule has 0 aromatic rings. The van der Waals surface area contributed by atoms with Crippen molar-refractivity contribution in [3.05, 3.63) is 0 Å². The summed E-state index contributed by atoms with van der Waals surface area (Å²) < 4.78 is 0. The summed E-state index contributed by atoms with van der Waals surface area (Å²) in [6.07, 6.45) is 3.13. The summed E-state index contributed by atoms with van der Waals surface area (Å²) in [6, 6.07) is 0.568. The van der Waals surface area contributed by atoms with Crippen LogP contribution < -0.4 is 5.32 Å². The van der Waals surface area contributed by atoms with Gasteiger partial charge in [-0.05, 0) is 40.3 Å². The van der Waals surface area contributed by atoms with Crippen LogP contribution in [-0.2, 0) is 4.79 Å². The molecule has 1 saturated heterocycles. The molecule has 0 aromatic heterocycles. The maximum atomic E-state index is 11.8. The Morgan fingerprint density at radius 2 is 2.12 bits per heavy atom. The molecule has 1 fully saturated rings. The van der Waals surface area contributed by atoms with Gasteiger partial charge in [0.05, 0.1) is 0 Å². The first kappa shape index (κ1) is 14.5. The van der Waals surface area contributed by atoms with Crippen LogP contribution >= 0.6 is 0 Å². The Bertz CT molecular complexity index is 229. The van der Waals surface area contributed by atoms with Crippen molar-refractivity contribution in [1.29, 1.82) is 0 Å². The molecular formula is C13H27N3O. The third-order valence-electron chi connectivity index (χ3n) is 3.51. The number of amides is 1. The smallest absolute Gasteiger partial charge is 0.223 e. The van der Waals surface area contributed by atoms with E-state index in [4.69, 9.17) is 0 Å². The van der Waals surface area contributed by atoms with Crippen LogP contribution in [0.15, 0.2) is 0 Å². The van der Waals surface area contributed by atoms with Gasteiger partial charge in [-0.25, -0.2) is 0 Å². The first-order valence-corrected chi connectivity index (χ1v) is 6.87. The highest BCUT2D eigenvalue weighted by Crippen LogP contribution is 2.07. The van der Waals surface area contributed by atoms with E-state index in [9.17, 15) is 4.79 Å². The van der Waals surface area contributed by atoms with Crippen molar-refractivity contribution in [2.24, 2.45) is 0 Å². The molecule has 0 spiro atoms. The predicted molar refractivity (Wildman–Crippen MR) is 71.1 cm³/mol. The summed E-state index contributed by atoms with van der Waals surface area (Å²) >= 11 is 0. The Hall–Kier alpha value is -0.610. The summed E-state index contributed by atoms with van der Waals surface area (Å²) in [4.78, 5) is 16.0. The minimum absolute atomic E-state index is 0.270. The summed E-state index contributed by atoms with van der Waals surface area (Å²) in [5.41, 5.74) is 0. The second-order valence-corrected chi connectivity index (χ2v) is 4.87. The molecule has 4 heteroatoms. The second kappa shape index (κ2) is 7.67. The van der Waals surface area contributed by atoms with Crippen LogP contribution in [0.4, 0.5) is 0 Å². The zero-order chi connectivity index (χ0) is 12.7. The number of nitrogens with zero attached hydrogens (tertiary/aromatic N) is 2. The molecule has 0 bridgehead atoms. The van der Waals surface area contributed by atoms with Crippen molar-refractivity contribution in [3.63, 3.8) is 0 Å². The number of likely N-dealkylation sites (N-methyl/N-ethyl adjacent to an activating group) is 1. The molecule has 1 aliphatic heterocycles. The van der Waals surface area contributed by atoms with E-state index in [2.05, 4.69) is 17.3 Å². The maximum Gasteiger partial charge on any atom is 0.223 e. The first-order chi connectivity index (χ1) is 8.17. The lowest BCUT2D eigenvalue weighted by atomic mass is 10.1. The summed E-state index contributed by atoms with van der Waals surface area (Å²) in [5.74, 6) is 0.270. The first-order valence-electron chi connectivity index (χ1n) is 6.87. The third kappa shape index (κ3) is 5.04. The SMILES string of the molecule is CCN(CC)C(=O)CCNC1CCCN(C)C1. The lowest BCUT2D eigenvalue weighted by Gasteiger charge is -2.30. The van der Waals surface area contributed by atoms with Gasteiger partial charge in [-0.15, -0.1) is 0 Å². The van der Waals surface area contributed by atoms with Gasteiger partial charge in [-0.1, -0.05) is 0 Å². The van der Waals surface area contributed by atoms with E-state index < -0.39 is 0 Å². The zero-order valence-electron chi connectivity index (χ0n) is 11.5. The van der Waals surface area contributed by atoms with Crippen LogP contribution in [0, 0.1) is 0 Å². The molecule has 0 saturated carbocycles. The number of carbonyl (C=O) groups excluding carboxylic acids is 1. The van der Waals surface area contributed by atoms with Gasteiger partial charge < -0.3 is 15.1 Å². The maximum absolute atomic E-state index is 11.8. The number of hydrogen-bond donors (Lipinski definition) is 1. The molecule has 0 aliphatic carbocycles. The molecule has 1 atom stereocenters. The molecule has 0 radical (unpaired) electrons. The monoisotopic (exact) mass is 241 g/mol. The summed E-state index contributed by atoms with van der Waals surface area (Å²) in [7, 11) is 2.16. The molecule has 1 unspecified atom stereocenters. The van der Waals surface area contributed by atoms with Crippen molar-refractivity contribution in [2.45, 2.75) is 39.2 Å². The van der Waals surface area contributed by atoms with E-state index in [0.717, 1.165) is 26.2 Å². The summed E-state index contributed by atoms with van der Waals surface area (Å²) in [5, 5.41) is 3.50. The number of piperidine rings is 1. The standard InChI is InChI=1S/C13H27N3O/c1-4-16(5-2)13(17)8-9-14-12-7-6-10-15(3)11-12/h12,14H,4-11H2,1-3H3. The molecule has 17 heavy (non-hydrogen) atoms. The van der Waals surface area contributed by atoms with Crippen molar-refractivity contribution < 1.29 is 4.79 Å². The van der Waals surface area contributed by atoms with Crippen LogP contribution in [0.25, 0.3) is 0 Å². The molecule has 1 amide bonds. The van der Waals surface area contributed by atoms with Crippen LogP contribution in [0.5, 0.6) is 0 Å². The van der Waals surface area contributed by atoms with Crippen LogP contribution in [0.1, 0.15) is 33.1 Å². The van der Waals surface area contributed by atoms with Crippen molar-refractivity contribution in [1.82, 2.24) is 15.1 Å². The van der Waals surface area contributed by atoms with Gasteiger partial charge in [0.15, 0.2) is 0 Å². The minimum Gasteiger partial charge on any atom is -0.343 e. The van der Waals surface area contributed by atoms with Gasteiger partial charge in [0.25, 0.3) is 0 Å². The second-order valence-electron chi connectivity index (χ2n) is 4.87. The Labute approximate surface area is 105 Å². The Kier molecular flexibility index (Phi) is 6.52. The fourth-order valence-corrected chi connectivity index (χ4v) is 2.45. The molecule has 1 rings (SSSR count). The molecule has 1 heterocycles. The quantitative estimate of drug-likeness (QED) is 0.751. The Morgan fingerprint density at radius 1 is 1.41 bits per heavy atom. The topological polar surface area (TPSA) is 35.6 Å². The van der Waals surface area contributed by atoms with Crippen molar-refractivity contribution in [2.75, 3.05) is 39.8 Å². The number of nitrogens with one attached hydrogen (secondary N) is 1. The van der Waals surface area contributed by atoms with Gasteiger partial charge in [-0.2, -0.15) is 0 Å². The van der Waals surface area contributed by atoms with E-state index >= 15 is 0 Å². The van der Waals surface area contributed by atoms with Crippen LogP contribution in [0.3, 0.4) is 0 Å². The lowest BCUT2D eigenvalue weighted by molar-refractivity contribution is -0.130. The highest BCUT2D eigenvalue weighted by atomic mass is 16.2. The Balaban J connectivity index is 2.16. The highest BCUT2D eigenvalue weighted by Gasteiger charge is 2.17. The number of likely N-dealkylation sites (tertiary alicyclic amines) is 1. The van der Waals surface area contributed by atoms with Gasteiger partial charge in [0, 0.05) is 38.6 Å². The predicted octanol–water partition coefficient (Wildman–Crippen LogP) is 0.929. The largest absolute Gasteiger partial charge is 0.343 e. The number of rotatable bonds is 6. The normalized spacial score (nSPS) is 21.5. The zero-order valence-corrected chi connectivity index (χ0v) is 11.5. The van der Waals surface area contributed by atoms with Gasteiger partial charge in [-0.3, -0.25) is 4.79 Å². The number of carbonyl (C=O) groups is 1. The van der Waals surface area contributed by atoms with E-state index in [-0.39, 0.29) is 5.91 Å². The van der Waals surface area contributed by atoms with Crippen molar-refractivity contribution >= 4 is 5.91 Å². The number of hydrogen-bond acceptors (Lipinski definition) is 3. The fourth-order valence-electron chi connectivity index (χ4n) is 2.45. The van der Waals surface area contributed by atoms with Gasteiger partial charge in [0.1, 0.15) is 0 Å². The molecular weight excluding hydrogens is 214 g/mol. The highest BCUT2D eigenvalue weighted by molar-refractivity contribution is 5.76. The third-order valence-corrected chi connectivity index (χ3v) is 3.51. The van der Waals surface area contributed by atoms with Crippen LogP contribution in [0.2, 0.25) is 0 Å². The van der Waals surface area contributed by atoms with Gasteiger partial charge in [0.2, 0.25) is 5.91 Å². The average Bonchev–Trinajstić information content (AvgIpc) is 2.30. The molecule has 1 N–H and O–H groups in total. The fraction of sp³-hybridized carbons (Fsp3) is 0.923. The lowest BCUT2D eigenvalue weighted by Crippen LogP contribution is -2.45. The summed E-state index contributed by atoms with van der Waals surface area (Å²) in [6.45, 7) is 8.84. The van der Waals surface area contributed by atoms with E-state index in [1.54, 1.807) is 0 Å². The van der Waals surface area contributed by atoms with E-state index in [1.165, 1.54) is 19.4 Å². The Morgan fingerprint density at radius 3 is 2.71 bits per heavy atom. The van der Waals surface area contributed by atoms with Gasteiger partial charge >= 0.3 is 0 Å². The molecule has 100 valence electrons. The molecule has 4 nitrogen and oxygen atoms in total. The van der Waals surface area contributed by atoms with E-state index in [1.807, 2.05) is 18.7 Å². The molecule has 1 aliphatic rings. The van der Waals surface area contributed by atoms with Crippen LogP contribution in [-0.4, -0.2) is 61.5 Å². The minimum atomic E-state index is 0.270. The molecule has 0 aromatic carbocycles.